The zero-order valence-electron chi connectivity index (χ0n) is 19.4. The number of benzene rings is 2. The molecule has 1 heterocycles. The van der Waals surface area contributed by atoms with Crippen LogP contribution in [0.3, 0.4) is 0 Å². The number of alkyl halides is 3. The first kappa shape index (κ1) is 28.2. The Labute approximate surface area is 232 Å². The Kier molecular flexibility index (Phi) is 9.48. The number of amides is 1. The normalized spacial score (nSPS) is 20.7. The van der Waals surface area contributed by atoms with Crippen molar-refractivity contribution in [3.8, 4) is 11.5 Å². The summed E-state index contributed by atoms with van der Waals surface area (Å²) in [5.41, 5.74) is 0.629. The third-order valence-corrected chi connectivity index (χ3v) is 7.27. The van der Waals surface area contributed by atoms with Crippen LogP contribution in [0.5, 0.6) is 11.5 Å². The first-order chi connectivity index (χ1) is 16.4. The number of hydrogen-bond acceptors (Lipinski definition) is 6. The van der Waals surface area contributed by atoms with Crippen LogP contribution in [0.1, 0.15) is 20.8 Å². The van der Waals surface area contributed by atoms with E-state index in [9.17, 15) is 17.6 Å². The van der Waals surface area contributed by atoms with Gasteiger partial charge >= 0.3 is 1.87 Å². The number of rotatable bonds is 9. The minimum atomic E-state index is -4.07. The van der Waals surface area contributed by atoms with Crippen LogP contribution < -0.4 is 19.5 Å². The molecule has 35 heavy (non-hydrogen) atoms. The summed E-state index contributed by atoms with van der Waals surface area (Å²) in [7, 11) is -4.07. The second-order valence-corrected chi connectivity index (χ2v) is 14.8. The zero-order chi connectivity index (χ0) is 25.8. The molecule has 2 N–H and O–H groups in total. The Balaban J connectivity index is 1.82. The van der Waals surface area contributed by atoms with Gasteiger partial charge in [0.25, 0.3) is 10.0 Å². The molecule has 3 atom stereocenters. The van der Waals surface area contributed by atoms with E-state index in [2.05, 4.69) is 10.0 Å². The molecule has 0 aromatic heterocycles. The Bertz CT molecular complexity index is 1150. The van der Waals surface area contributed by atoms with Crippen molar-refractivity contribution in [1.29, 1.82) is 0 Å². The summed E-state index contributed by atoms with van der Waals surface area (Å²) in [5, 5.41) is 2.89. The quantitative estimate of drug-likeness (QED) is 0.258. The molecular weight excluding hydrogens is 705 g/mol. The molecule has 1 aliphatic heterocycles. The van der Waals surface area contributed by atoms with Gasteiger partial charge in [-0.25, -0.2) is 8.42 Å². The van der Waals surface area contributed by atoms with Gasteiger partial charge in [-0.05, 0) is 43.0 Å². The number of ether oxygens (including phenoxy) is 3. The van der Waals surface area contributed by atoms with Gasteiger partial charge in [-0.15, -0.1) is 0 Å². The lowest BCUT2D eigenvalue weighted by atomic mass is 9.81. The lowest BCUT2D eigenvalue weighted by molar-refractivity contribution is -0.129. The van der Waals surface area contributed by atoms with Crippen molar-refractivity contribution in [3.63, 3.8) is 0 Å². The summed E-state index contributed by atoms with van der Waals surface area (Å²) in [5.74, 6) is 0.0332. The van der Waals surface area contributed by atoms with E-state index < -0.39 is 11.9 Å². The van der Waals surface area contributed by atoms with Gasteiger partial charge in [0.1, 0.15) is 16.4 Å². The highest BCUT2D eigenvalue weighted by molar-refractivity contribution is 14.2. The maximum Gasteiger partial charge on any atom is 0.350 e. The maximum absolute atomic E-state index is 13.8. The van der Waals surface area contributed by atoms with Crippen LogP contribution in [0, 0.1) is 17.8 Å². The van der Waals surface area contributed by atoms with Crippen molar-refractivity contribution in [3.05, 3.63) is 42.5 Å². The number of nitrogens with one attached hydrogen (secondary N) is 2. The SMILES string of the molecule is CCOc1cc(NC(=O)C2[C@H](C)COC[C@@H]2C)ccc1S(=O)(=O)Nc1cccc(OC(F)(I)I)c1. The lowest BCUT2D eigenvalue weighted by Gasteiger charge is -2.33. The van der Waals surface area contributed by atoms with E-state index in [0.29, 0.717) is 18.9 Å². The van der Waals surface area contributed by atoms with E-state index >= 15 is 0 Å². The van der Waals surface area contributed by atoms with Crippen molar-refractivity contribution in [1.82, 2.24) is 0 Å². The van der Waals surface area contributed by atoms with Gasteiger partial charge < -0.3 is 19.5 Å². The molecule has 2 aromatic carbocycles. The molecule has 1 amide bonds. The van der Waals surface area contributed by atoms with Crippen LogP contribution in [0.25, 0.3) is 0 Å². The minimum absolute atomic E-state index is 0.0654. The minimum Gasteiger partial charge on any atom is -0.492 e. The fourth-order valence-electron chi connectivity index (χ4n) is 3.99. The van der Waals surface area contributed by atoms with Crippen molar-refractivity contribution in [2.24, 2.45) is 17.8 Å². The third-order valence-electron chi connectivity index (χ3n) is 5.41. The number of hydrogen-bond donors (Lipinski definition) is 2. The molecule has 1 unspecified atom stereocenters. The molecule has 0 spiro atoms. The van der Waals surface area contributed by atoms with Crippen LogP contribution in [-0.2, 0) is 19.6 Å². The van der Waals surface area contributed by atoms with Gasteiger partial charge in [0.15, 0.2) is 0 Å². The van der Waals surface area contributed by atoms with E-state index in [1.807, 2.05) is 13.8 Å². The first-order valence-electron chi connectivity index (χ1n) is 10.9. The largest absolute Gasteiger partial charge is 0.492 e. The molecule has 0 saturated carbocycles. The number of halogens is 3. The van der Waals surface area contributed by atoms with Crippen molar-refractivity contribution >= 4 is 72.5 Å². The molecule has 1 fully saturated rings. The highest BCUT2D eigenvalue weighted by atomic mass is 127. The molecule has 0 radical (unpaired) electrons. The molecular formula is C23H27FI2N2O6S. The van der Waals surface area contributed by atoms with Gasteiger partial charge in [-0.2, -0.15) is 4.39 Å². The van der Waals surface area contributed by atoms with E-state index in [1.54, 1.807) is 13.0 Å². The van der Waals surface area contributed by atoms with E-state index in [0.717, 1.165) is 0 Å². The zero-order valence-corrected chi connectivity index (χ0v) is 24.5. The topological polar surface area (TPSA) is 103 Å². The van der Waals surface area contributed by atoms with Crippen molar-refractivity contribution in [2.45, 2.75) is 27.5 Å². The fourth-order valence-corrected chi connectivity index (χ4v) is 5.68. The number of carbonyl (C=O) groups excluding carboxylic acids is 1. The van der Waals surface area contributed by atoms with E-state index in [1.165, 1.54) is 81.6 Å². The molecule has 12 heteroatoms. The average Bonchev–Trinajstić information content (AvgIpc) is 2.72. The number of sulfonamides is 1. The fraction of sp³-hybridized carbons (Fsp3) is 0.435. The molecule has 3 rings (SSSR count). The van der Waals surface area contributed by atoms with Crippen LogP contribution in [0.4, 0.5) is 15.8 Å². The van der Waals surface area contributed by atoms with Gasteiger partial charge in [0.05, 0.1) is 12.3 Å². The molecule has 1 saturated heterocycles. The van der Waals surface area contributed by atoms with Crippen LogP contribution in [0.2, 0.25) is 0 Å². The predicted octanol–water partition coefficient (Wildman–Crippen LogP) is 5.57. The first-order valence-corrected chi connectivity index (χ1v) is 14.6. The average molecular weight is 732 g/mol. The molecule has 1 aliphatic rings. The molecule has 0 aliphatic carbocycles. The third kappa shape index (κ3) is 7.79. The maximum atomic E-state index is 13.8. The second-order valence-electron chi connectivity index (χ2n) is 8.28. The Hall–Kier alpha value is -1.39. The van der Waals surface area contributed by atoms with Crippen molar-refractivity contribution < 1.29 is 31.8 Å². The summed E-state index contributed by atoms with van der Waals surface area (Å²) >= 11 is 2.95. The van der Waals surface area contributed by atoms with Crippen LogP contribution >= 0.6 is 45.2 Å². The summed E-state index contributed by atoms with van der Waals surface area (Å²) in [6, 6.07) is 10.4. The highest BCUT2D eigenvalue weighted by Crippen LogP contribution is 2.35. The number of carbonyl (C=O) groups is 1. The Morgan fingerprint density at radius 1 is 1.14 bits per heavy atom. The lowest BCUT2D eigenvalue weighted by Crippen LogP contribution is -2.40. The van der Waals surface area contributed by atoms with Gasteiger partial charge in [0, 0.05) is 82.1 Å². The van der Waals surface area contributed by atoms with Gasteiger partial charge in [0.2, 0.25) is 5.91 Å². The highest BCUT2D eigenvalue weighted by Gasteiger charge is 2.34. The van der Waals surface area contributed by atoms with E-state index in [4.69, 9.17) is 14.2 Å². The Morgan fingerprint density at radius 2 is 1.83 bits per heavy atom. The van der Waals surface area contributed by atoms with E-state index in [-0.39, 0.29) is 52.3 Å². The second kappa shape index (κ2) is 11.8. The summed E-state index contributed by atoms with van der Waals surface area (Å²) in [4.78, 5) is 12.8. The molecule has 0 bridgehead atoms. The summed E-state index contributed by atoms with van der Waals surface area (Å²) < 4.78 is 56.8. The smallest absolute Gasteiger partial charge is 0.350 e. The predicted molar refractivity (Wildman–Crippen MR) is 149 cm³/mol. The van der Waals surface area contributed by atoms with Crippen LogP contribution in [0.15, 0.2) is 47.4 Å². The monoisotopic (exact) mass is 732 g/mol. The molecule has 2 aromatic rings. The van der Waals surface area contributed by atoms with Crippen LogP contribution in [-0.4, -0.2) is 36.0 Å². The summed E-state index contributed by atoms with van der Waals surface area (Å²) in [6.45, 7) is 6.94. The molecule has 192 valence electrons. The standard InChI is InChI=1S/C23H27FI2N2O6S/c1-4-33-19-11-16(27-22(29)21-14(2)12-32-13-15(21)3)8-9-20(19)35(30,31)28-17-6-5-7-18(10-17)34-23(24,25)26/h5-11,14-15,21,28H,4,12-13H2,1-3H3,(H,27,29)/t14-,15+,21?. The number of anilines is 2. The van der Waals surface area contributed by atoms with Gasteiger partial charge in [-0.1, -0.05) is 19.9 Å². The van der Waals surface area contributed by atoms with Crippen molar-refractivity contribution in [2.75, 3.05) is 29.9 Å². The Morgan fingerprint density at radius 3 is 2.46 bits per heavy atom. The summed E-state index contributed by atoms with van der Waals surface area (Å²) in [6.07, 6.45) is 0. The molecule has 8 nitrogen and oxygen atoms in total. The van der Waals surface area contributed by atoms with Gasteiger partial charge in [-0.3, -0.25) is 9.52 Å².